The Morgan fingerprint density at radius 2 is 2.31 bits per heavy atom. The normalized spacial score (nSPS) is 15.6. The van der Waals surface area contributed by atoms with Gasteiger partial charge in [-0.05, 0) is 36.6 Å². The molecule has 0 spiro atoms. The number of nitrogens with one attached hydrogen (secondary N) is 1. The lowest BCUT2D eigenvalue weighted by molar-refractivity contribution is 0.351. The lowest BCUT2D eigenvalue weighted by Crippen LogP contribution is -2.22. The van der Waals surface area contributed by atoms with E-state index in [9.17, 15) is 0 Å². The van der Waals surface area contributed by atoms with E-state index in [1.54, 1.807) is 0 Å². The van der Waals surface area contributed by atoms with Gasteiger partial charge in [-0.1, -0.05) is 32.0 Å². The van der Waals surface area contributed by atoms with Gasteiger partial charge in [-0.2, -0.15) is 0 Å². The van der Waals surface area contributed by atoms with Crippen molar-refractivity contribution in [2.75, 3.05) is 19.7 Å². The minimum absolute atomic E-state index is 0.663. The molecule has 2 rings (SSSR count). The second-order valence-electron chi connectivity index (χ2n) is 4.62. The predicted octanol–water partition coefficient (Wildman–Crippen LogP) is 2.41. The lowest BCUT2D eigenvalue weighted by Gasteiger charge is -2.14. The zero-order chi connectivity index (χ0) is 11.4. The molecule has 0 amide bonds. The van der Waals surface area contributed by atoms with Gasteiger partial charge in [0.25, 0.3) is 0 Å². The van der Waals surface area contributed by atoms with Crippen molar-refractivity contribution < 1.29 is 4.74 Å². The SMILES string of the molecule is CCNCC(C)Cc1cccc2c1OCC2. The summed E-state index contributed by atoms with van der Waals surface area (Å²) in [5.74, 6) is 1.82. The summed E-state index contributed by atoms with van der Waals surface area (Å²) in [4.78, 5) is 0. The van der Waals surface area contributed by atoms with E-state index in [1.165, 1.54) is 11.1 Å². The Bertz CT molecular complexity index is 349. The molecule has 1 heterocycles. The Labute approximate surface area is 98.0 Å². The molecular weight excluding hydrogens is 198 g/mol. The predicted molar refractivity (Wildman–Crippen MR) is 67.1 cm³/mol. The third kappa shape index (κ3) is 2.56. The molecule has 88 valence electrons. The maximum atomic E-state index is 5.71. The maximum Gasteiger partial charge on any atom is 0.125 e. The van der Waals surface area contributed by atoms with Gasteiger partial charge >= 0.3 is 0 Å². The summed E-state index contributed by atoms with van der Waals surface area (Å²) in [5, 5.41) is 3.40. The minimum Gasteiger partial charge on any atom is -0.493 e. The topological polar surface area (TPSA) is 21.3 Å². The van der Waals surface area contributed by atoms with Crippen molar-refractivity contribution in [2.24, 2.45) is 5.92 Å². The van der Waals surface area contributed by atoms with E-state index < -0.39 is 0 Å². The van der Waals surface area contributed by atoms with Gasteiger partial charge < -0.3 is 10.1 Å². The van der Waals surface area contributed by atoms with Crippen LogP contribution in [0.1, 0.15) is 25.0 Å². The van der Waals surface area contributed by atoms with Crippen LogP contribution in [0.2, 0.25) is 0 Å². The summed E-state index contributed by atoms with van der Waals surface area (Å²) < 4.78 is 5.71. The van der Waals surface area contributed by atoms with E-state index in [0.717, 1.165) is 38.3 Å². The molecular formula is C14H21NO. The van der Waals surface area contributed by atoms with Gasteiger partial charge in [0.2, 0.25) is 0 Å². The molecule has 0 bridgehead atoms. The first kappa shape index (κ1) is 11.5. The molecule has 0 fully saturated rings. The molecule has 1 atom stereocenters. The highest BCUT2D eigenvalue weighted by Crippen LogP contribution is 2.30. The van der Waals surface area contributed by atoms with E-state index in [2.05, 4.69) is 37.4 Å². The third-order valence-electron chi connectivity index (χ3n) is 3.11. The van der Waals surface area contributed by atoms with Crippen molar-refractivity contribution in [3.8, 4) is 5.75 Å². The molecule has 0 aromatic heterocycles. The highest BCUT2D eigenvalue weighted by Gasteiger charge is 2.16. The summed E-state index contributed by atoms with van der Waals surface area (Å²) in [5.41, 5.74) is 2.76. The quantitative estimate of drug-likeness (QED) is 0.821. The van der Waals surface area contributed by atoms with Crippen molar-refractivity contribution >= 4 is 0 Å². The molecule has 2 heteroatoms. The highest BCUT2D eigenvalue weighted by molar-refractivity contribution is 5.44. The first-order valence-electron chi connectivity index (χ1n) is 6.25. The minimum atomic E-state index is 0.663. The molecule has 1 aliphatic heterocycles. The van der Waals surface area contributed by atoms with Gasteiger partial charge in [0, 0.05) is 6.42 Å². The summed E-state index contributed by atoms with van der Waals surface area (Å²) in [7, 11) is 0. The molecule has 0 saturated heterocycles. The van der Waals surface area contributed by atoms with Crippen molar-refractivity contribution in [3.63, 3.8) is 0 Å². The number of para-hydroxylation sites is 1. The summed E-state index contributed by atoms with van der Waals surface area (Å²) in [6.45, 7) is 7.43. The first-order chi connectivity index (χ1) is 7.81. The highest BCUT2D eigenvalue weighted by atomic mass is 16.5. The Balaban J connectivity index is 2.01. The molecule has 1 aliphatic rings. The number of rotatable bonds is 5. The van der Waals surface area contributed by atoms with Crippen molar-refractivity contribution in [1.29, 1.82) is 0 Å². The molecule has 0 saturated carbocycles. The van der Waals surface area contributed by atoms with E-state index in [0.29, 0.717) is 5.92 Å². The standard InChI is InChI=1S/C14H21NO/c1-3-15-10-11(2)9-13-6-4-5-12-7-8-16-14(12)13/h4-6,11,15H,3,7-10H2,1-2H3. The van der Waals surface area contributed by atoms with E-state index >= 15 is 0 Å². The van der Waals surface area contributed by atoms with Gasteiger partial charge in [-0.25, -0.2) is 0 Å². The van der Waals surface area contributed by atoms with Crippen LogP contribution >= 0.6 is 0 Å². The lowest BCUT2D eigenvalue weighted by atomic mass is 9.98. The zero-order valence-electron chi connectivity index (χ0n) is 10.3. The van der Waals surface area contributed by atoms with Crippen LogP contribution in [0.5, 0.6) is 5.75 Å². The smallest absolute Gasteiger partial charge is 0.125 e. The second kappa shape index (κ2) is 5.35. The third-order valence-corrected chi connectivity index (χ3v) is 3.11. The first-order valence-corrected chi connectivity index (χ1v) is 6.25. The van der Waals surface area contributed by atoms with Crippen LogP contribution in [0.25, 0.3) is 0 Å². The maximum absolute atomic E-state index is 5.71. The number of ether oxygens (including phenoxy) is 1. The van der Waals surface area contributed by atoms with Crippen molar-refractivity contribution in [1.82, 2.24) is 5.32 Å². The van der Waals surface area contributed by atoms with E-state index in [1.807, 2.05) is 0 Å². The molecule has 1 aromatic rings. The van der Waals surface area contributed by atoms with Gasteiger partial charge in [0.05, 0.1) is 6.61 Å². The number of benzene rings is 1. The second-order valence-corrected chi connectivity index (χ2v) is 4.62. The zero-order valence-corrected chi connectivity index (χ0v) is 10.3. The van der Waals surface area contributed by atoms with Crippen molar-refractivity contribution in [3.05, 3.63) is 29.3 Å². The summed E-state index contributed by atoms with van der Waals surface area (Å²) in [6, 6.07) is 6.54. The number of hydrogen-bond acceptors (Lipinski definition) is 2. The van der Waals surface area contributed by atoms with Gasteiger partial charge in [-0.3, -0.25) is 0 Å². The van der Waals surface area contributed by atoms with Gasteiger partial charge in [0.1, 0.15) is 5.75 Å². The van der Waals surface area contributed by atoms with Crippen LogP contribution in [-0.2, 0) is 12.8 Å². The van der Waals surface area contributed by atoms with Crippen LogP contribution in [0.15, 0.2) is 18.2 Å². The van der Waals surface area contributed by atoms with Crippen LogP contribution < -0.4 is 10.1 Å². The van der Waals surface area contributed by atoms with Crippen LogP contribution in [0.4, 0.5) is 0 Å². The fourth-order valence-corrected chi connectivity index (χ4v) is 2.28. The van der Waals surface area contributed by atoms with Gasteiger partial charge in [-0.15, -0.1) is 0 Å². The monoisotopic (exact) mass is 219 g/mol. The summed E-state index contributed by atoms with van der Waals surface area (Å²) in [6.07, 6.45) is 2.18. The van der Waals surface area contributed by atoms with E-state index in [4.69, 9.17) is 4.74 Å². The van der Waals surface area contributed by atoms with Gasteiger partial charge in [0.15, 0.2) is 0 Å². The average molecular weight is 219 g/mol. The molecule has 16 heavy (non-hydrogen) atoms. The van der Waals surface area contributed by atoms with E-state index in [-0.39, 0.29) is 0 Å². The molecule has 1 unspecified atom stereocenters. The summed E-state index contributed by atoms with van der Waals surface area (Å²) >= 11 is 0. The fourth-order valence-electron chi connectivity index (χ4n) is 2.28. The van der Waals surface area contributed by atoms with Crippen LogP contribution in [-0.4, -0.2) is 19.7 Å². The molecule has 0 aliphatic carbocycles. The largest absolute Gasteiger partial charge is 0.493 e. The Morgan fingerprint density at radius 1 is 1.44 bits per heavy atom. The molecule has 2 nitrogen and oxygen atoms in total. The Morgan fingerprint density at radius 3 is 3.12 bits per heavy atom. The van der Waals surface area contributed by atoms with Crippen molar-refractivity contribution in [2.45, 2.75) is 26.7 Å². The fraction of sp³-hybridized carbons (Fsp3) is 0.571. The Kier molecular flexibility index (Phi) is 3.83. The molecule has 0 radical (unpaired) electrons. The molecule has 1 aromatic carbocycles. The Hall–Kier alpha value is -1.02. The number of fused-ring (bicyclic) bond motifs is 1. The number of hydrogen-bond donors (Lipinski definition) is 1. The van der Waals surface area contributed by atoms with Crippen LogP contribution in [0, 0.1) is 5.92 Å². The average Bonchev–Trinajstić information content (AvgIpc) is 2.75. The molecule has 1 N–H and O–H groups in total. The van der Waals surface area contributed by atoms with Crippen LogP contribution in [0.3, 0.4) is 0 Å².